The van der Waals surface area contributed by atoms with E-state index in [1.165, 1.54) is 32.8 Å². The first-order chi connectivity index (χ1) is 5.00. The Hall–Kier alpha value is -0.725. The second kappa shape index (κ2) is 5.09. The van der Waals surface area contributed by atoms with E-state index in [1.54, 1.807) is 12.4 Å². The predicted octanol–water partition coefficient (Wildman–Crippen LogP) is 1.46. The van der Waals surface area contributed by atoms with Crippen molar-refractivity contribution in [2.75, 3.05) is 0 Å². The monoisotopic (exact) mass is 136 g/mol. The van der Waals surface area contributed by atoms with Gasteiger partial charge in [0, 0.05) is 12.4 Å². The molecule has 1 aliphatic rings. The lowest BCUT2D eigenvalue weighted by atomic mass is 9.77. The highest BCUT2D eigenvalue weighted by molar-refractivity contribution is 6.36. The smallest absolute Gasteiger partial charge is 0.120 e. The SMILES string of the molecule is B1CCCC1.c1cn[nH]c1. The van der Waals surface area contributed by atoms with Crippen molar-refractivity contribution in [3.63, 3.8) is 0 Å². The van der Waals surface area contributed by atoms with Gasteiger partial charge >= 0.3 is 0 Å². The molecule has 1 aromatic heterocycles. The van der Waals surface area contributed by atoms with Crippen molar-refractivity contribution < 1.29 is 0 Å². The Labute approximate surface area is 62.3 Å². The van der Waals surface area contributed by atoms with Crippen molar-refractivity contribution in [3.8, 4) is 0 Å². The fourth-order valence-corrected chi connectivity index (χ4v) is 1.10. The summed E-state index contributed by atoms with van der Waals surface area (Å²) in [7, 11) is 1.50. The summed E-state index contributed by atoms with van der Waals surface area (Å²) in [5, 5.41) is 6.21. The zero-order valence-corrected chi connectivity index (χ0v) is 6.21. The maximum absolute atomic E-state index is 3.60. The van der Waals surface area contributed by atoms with Gasteiger partial charge in [-0.1, -0.05) is 25.5 Å². The Kier molecular flexibility index (Phi) is 3.76. The molecule has 0 amide bonds. The maximum atomic E-state index is 3.60. The third kappa shape index (κ3) is 3.33. The topological polar surface area (TPSA) is 28.7 Å². The number of aromatic nitrogens is 2. The lowest BCUT2D eigenvalue weighted by Crippen LogP contribution is -1.68. The zero-order chi connectivity index (χ0) is 7.07. The summed E-state index contributed by atoms with van der Waals surface area (Å²) in [6.45, 7) is 0. The predicted molar refractivity (Wildman–Crippen MR) is 44.6 cm³/mol. The van der Waals surface area contributed by atoms with Crippen LogP contribution < -0.4 is 0 Å². The number of aromatic amines is 1. The van der Waals surface area contributed by atoms with Gasteiger partial charge in [0.2, 0.25) is 0 Å². The summed E-state index contributed by atoms with van der Waals surface area (Å²) in [5.41, 5.74) is 0. The molecule has 1 aliphatic heterocycles. The van der Waals surface area contributed by atoms with Crippen LogP contribution in [0.3, 0.4) is 0 Å². The second-order valence-electron chi connectivity index (χ2n) is 2.53. The molecule has 2 nitrogen and oxygen atoms in total. The first-order valence-corrected chi connectivity index (χ1v) is 3.94. The summed E-state index contributed by atoms with van der Waals surface area (Å²) < 4.78 is 0. The highest BCUT2D eigenvalue weighted by Crippen LogP contribution is 2.09. The van der Waals surface area contributed by atoms with E-state index in [2.05, 4.69) is 10.2 Å². The average molecular weight is 136 g/mol. The normalized spacial score (nSPS) is 15.2. The van der Waals surface area contributed by atoms with Gasteiger partial charge in [-0.15, -0.1) is 0 Å². The number of nitrogens with zero attached hydrogens (tertiary/aromatic N) is 1. The van der Waals surface area contributed by atoms with E-state index >= 15 is 0 Å². The van der Waals surface area contributed by atoms with E-state index in [0.29, 0.717) is 0 Å². The van der Waals surface area contributed by atoms with Gasteiger partial charge in [0.25, 0.3) is 0 Å². The lowest BCUT2D eigenvalue weighted by molar-refractivity contribution is 0.935. The molecule has 10 heavy (non-hydrogen) atoms. The standard InChI is InChI=1S/C4H9B.C3H4N2/c2*1-2-4-5-3-1/h5H,1-4H2;1-3H,(H,4,5). The average Bonchev–Trinajstić information content (AvgIpc) is 2.67. The Balaban J connectivity index is 0.0000001000. The molecule has 2 rings (SSSR count). The van der Waals surface area contributed by atoms with E-state index in [4.69, 9.17) is 0 Å². The number of hydrogen-bond acceptors (Lipinski definition) is 1. The molecule has 0 bridgehead atoms. The molecule has 1 saturated heterocycles. The van der Waals surface area contributed by atoms with Gasteiger partial charge in [-0.05, 0) is 6.07 Å². The zero-order valence-electron chi connectivity index (χ0n) is 6.21. The third-order valence-corrected chi connectivity index (χ3v) is 1.66. The Morgan fingerprint density at radius 2 is 2.10 bits per heavy atom. The largest absolute Gasteiger partial charge is 0.286 e. The summed E-state index contributed by atoms with van der Waals surface area (Å²) in [6, 6.07) is 1.83. The molecule has 0 atom stereocenters. The molecule has 1 N–H and O–H groups in total. The Morgan fingerprint density at radius 1 is 1.30 bits per heavy atom. The van der Waals surface area contributed by atoms with Gasteiger partial charge in [-0.3, -0.25) is 5.10 Å². The first-order valence-electron chi connectivity index (χ1n) is 3.94. The van der Waals surface area contributed by atoms with Crippen LogP contribution in [0.2, 0.25) is 12.6 Å². The van der Waals surface area contributed by atoms with Crippen LogP contribution in [-0.2, 0) is 0 Å². The van der Waals surface area contributed by atoms with Crippen LogP contribution in [0.25, 0.3) is 0 Å². The number of rotatable bonds is 0. The fourth-order valence-electron chi connectivity index (χ4n) is 1.10. The minimum atomic E-state index is 1.50. The van der Waals surface area contributed by atoms with Crippen LogP contribution in [0.15, 0.2) is 18.5 Å². The highest BCUT2D eigenvalue weighted by Gasteiger charge is 1.97. The molecular formula is C7H13BN2. The molecule has 1 aromatic rings. The van der Waals surface area contributed by atoms with Gasteiger partial charge in [-0.25, -0.2) is 0 Å². The van der Waals surface area contributed by atoms with Crippen molar-refractivity contribution in [1.82, 2.24) is 10.2 Å². The molecule has 0 spiro atoms. The molecule has 0 aromatic carbocycles. The van der Waals surface area contributed by atoms with Crippen molar-refractivity contribution in [2.24, 2.45) is 0 Å². The van der Waals surface area contributed by atoms with Crippen LogP contribution >= 0.6 is 0 Å². The molecular weight excluding hydrogens is 123 g/mol. The third-order valence-electron chi connectivity index (χ3n) is 1.66. The van der Waals surface area contributed by atoms with Crippen LogP contribution in [0.4, 0.5) is 0 Å². The molecule has 2 heterocycles. The summed E-state index contributed by atoms with van der Waals surface area (Å²) >= 11 is 0. The fraction of sp³-hybridized carbons (Fsp3) is 0.571. The minimum Gasteiger partial charge on any atom is -0.286 e. The Morgan fingerprint density at radius 3 is 2.30 bits per heavy atom. The van der Waals surface area contributed by atoms with Crippen LogP contribution in [-0.4, -0.2) is 17.5 Å². The lowest BCUT2D eigenvalue weighted by Gasteiger charge is -1.68. The van der Waals surface area contributed by atoms with E-state index in [1.807, 2.05) is 6.07 Å². The quantitative estimate of drug-likeness (QED) is 0.537. The molecule has 1 fully saturated rings. The molecule has 0 unspecified atom stereocenters. The molecule has 0 radical (unpaired) electrons. The van der Waals surface area contributed by atoms with Crippen molar-refractivity contribution in [1.29, 1.82) is 0 Å². The minimum absolute atomic E-state index is 1.50. The Bertz CT molecular complexity index is 110. The van der Waals surface area contributed by atoms with Crippen LogP contribution in [0.5, 0.6) is 0 Å². The van der Waals surface area contributed by atoms with Crippen LogP contribution in [0, 0.1) is 0 Å². The van der Waals surface area contributed by atoms with Gasteiger partial charge < -0.3 is 0 Å². The van der Waals surface area contributed by atoms with E-state index < -0.39 is 0 Å². The van der Waals surface area contributed by atoms with Crippen molar-refractivity contribution in [3.05, 3.63) is 18.5 Å². The molecule has 3 heteroatoms. The summed E-state index contributed by atoms with van der Waals surface area (Å²) in [6.07, 6.45) is 9.46. The number of H-pyrrole nitrogens is 1. The first kappa shape index (κ1) is 7.38. The van der Waals surface area contributed by atoms with E-state index in [0.717, 1.165) is 0 Å². The summed E-state index contributed by atoms with van der Waals surface area (Å²) in [4.78, 5) is 0. The van der Waals surface area contributed by atoms with Gasteiger partial charge in [0.15, 0.2) is 0 Å². The highest BCUT2D eigenvalue weighted by atomic mass is 15.1. The molecule has 0 saturated carbocycles. The van der Waals surface area contributed by atoms with Gasteiger partial charge in [0.05, 0.1) is 0 Å². The van der Waals surface area contributed by atoms with E-state index in [-0.39, 0.29) is 0 Å². The number of hydrogen-bond donors (Lipinski definition) is 1. The second-order valence-corrected chi connectivity index (χ2v) is 2.53. The number of nitrogens with one attached hydrogen (secondary N) is 1. The van der Waals surface area contributed by atoms with Crippen molar-refractivity contribution in [2.45, 2.75) is 25.5 Å². The van der Waals surface area contributed by atoms with Crippen LogP contribution in [0.1, 0.15) is 12.8 Å². The maximum Gasteiger partial charge on any atom is 0.120 e. The molecule has 0 aliphatic carbocycles. The van der Waals surface area contributed by atoms with Gasteiger partial charge in [0.1, 0.15) is 7.28 Å². The van der Waals surface area contributed by atoms with Gasteiger partial charge in [-0.2, -0.15) is 5.10 Å². The summed E-state index contributed by atoms with van der Waals surface area (Å²) in [5.74, 6) is 0. The van der Waals surface area contributed by atoms with Crippen molar-refractivity contribution >= 4 is 7.28 Å². The molecule has 54 valence electrons. The van der Waals surface area contributed by atoms with E-state index in [9.17, 15) is 0 Å².